The Kier molecular flexibility index (Phi) is 4.27. The van der Waals surface area contributed by atoms with E-state index in [1.165, 1.54) is 0 Å². The molecule has 0 aromatic heterocycles. The molecule has 0 unspecified atom stereocenters. The second kappa shape index (κ2) is 4.44. The summed E-state index contributed by atoms with van der Waals surface area (Å²) in [6.45, 7) is 3.34. The Hall–Kier alpha value is -0.380. The van der Waals surface area contributed by atoms with Crippen molar-refractivity contribution in [2.75, 3.05) is 5.33 Å². The lowest BCUT2D eigenvalue weighted by Crippen LogP contribution is -2.17. The number of ether oxygens (including phenoxy) is 1. The third kappa shape index (κ3) is 3.61. The van der Waals surface area contributed by atoms with Crippen molar-refractivity contribution < 1.29 is 14.3 Å². The van der Waals surface area contributed by atoms with Gasteiger partial charge in [-0.05, 0) is 0 Å². The van der Waals surface area contributed by atoms with Crippen molar-refractivity contribution in [3.63, 3.8) is 0 Å². The molecule has 0 rings (SSSR count). The lowest BCUT2D eigenvalue weighted by Gasteiger charge is -2.01. The molecular formula is C6H9BrO3. The van der Waals surface area contributed by atoms with Crippen molar-refractivity contribution in [3.05, 3.63) is 0 Å². The van der Waals surface area contributed by atoms with Gasteiger partial charge >= 0.3 is 11.9 Å². The van der Waals surface area contributed by atoms with E-state index in [0.717, 1.165) is 0 Å². The van der Waals surface area contributed by atoms with Crippen LogP contribution in [0.3, 0.4) is 0 Å². The van der Waals surface area contributed by atoms with Crippen molar-refractivity contribution in [2.45, 2.75) is 13.8 Å². The summed E-state index contributed by atoms with van der Waals surface area (Å²) in [6.07, 6.45) is 0. The molecule has 0 aliphatic carbocycles. The maximum Gasteiger partial charge on any atom is 0.324 e. The highest BCUT2D eigenvalue weighted by atomic mass is 79.9. The van der Waals surface area contributed by atoms with Gasteiger partial charge in [-0.15, -0.1) is 0 Å². The van der Waals surface area contributed by atoms with E-state index in [0.29, 0.717) is 0 Å². The first-order valence-electron chi connectivity index (χ1n) is 2.88. The molecule has 0 spiro atoms. The summed E-state index contributed by atoms with van der Waals surface area (Å²) in [5.41, 5.74) is 0. The van der Waals surface area contributed by atoms with Crippen molar-refractivity contribution in [2.24, 2.45) is 5.92 Å². The Bertz CT molecular complexity index is 142. The standard InChI is InChI=1S/C6H9BrO3/c1-4(2)6(9)10-5(8)3-7/h4H,3H2,1-2H3. The molecule has 3 nitrogen and oxygen atoms in total. The molecule has 10 heavy (non-hydrogen) atoms. The monoisotopic (exact) mass is 208 g/mol. The molecule has 0 amide bonds. The average Bonchev–Trinajstić information content (AvgIpc) is 1.87. The molecule has 0 saturated heterocycles. The van der Waals surface area contributed by atoms with Crippen molar-refractivity contribution in [1.29, 1.82) is 0 Å². The van der Waals surface area contributed by atoms with Crippen LogP contribution in [0.1, 0.15) is 13.8 Å². The zero-order valence-corrected chi connectivity index (χ0v) is 7.47. The van der Waals surface area contributed by atoms with E-state index in [1.807, 2.05) is 0 Å². The van der Waals surface area contributed by atoms with Crippen molar-refractivity contribution in [1.82, 2.24) is 0 Å². The zero-order chi connectivity index (χ0) is 8.15. The van der Waals surface area contributed by atoms with Gasteiger partial charge < -0.3 is 4.74 Å². The summed E-state index contributed by atoms with van der Waals surface area (Å²) >= 11 is 2.87. The van der Waals surface area contributed by atoms with Gasteiger partial charge in [0.25, 0.3) is 0 Å². The number of halogens is 1. The summed E-state index contributed by atoms with van der Waals surface area (Å²) in [7, 11) is 0. The van der Waals surface area contributed by atoms with Crippen molar-refractivity contribution in [3.8, 4) is 0 Å². The quantitative estimate of drug-likeness (QED) is 0.388. The fraction of sp³-hybridized carbons (Fsp3) is 0.667. The first kappa shape index (κ1) is 9.62. The van der Waals surface area contributed by atoms with Gasteiger partial charge in [0.05, 0.1) is 5.92 Å². The van der Waals surface area contributed by atoms with Crippen LogP contribution in [0.4, 0.5) is 0 Å². The molecule has 4 heteroatoms. The van der Waals surface area contributed by atoms with Gasteiger partial charge in [-0.2, -0.15) is 0 Å². The van der Waals surface area contributed by atoms with E-state index in [1.54, 1.807) is 13.8 Å². The fourth-order valence-corrected chi connectivity index (χ4v) is 0.372. The van der Waals surface area contributed by atoms with E-state index in [2.05, 4.69) is 20.7 Å². The zero-order valence-electron chi connectivity index (χ0n) is 5.89. The van der Waals surface area contributed by atoms with Crippen LogP contribution in [-0.2, 0) is 14.3 Å². The molecule has 0 saturated carbocycles. The number of carbonyl (C=O) groups is 2. The Balaban J connectivity index is 3.69. The normalized spacial score (nSPS) is 9.60. The van der Waals surface area contributed by atoms with Crippen LogP contribution in [0.15, 0.2) is 0 Å². The lowest BCUT2D eigenvalue weighted by molar-refractivity contribution is -0.160. The van der Waals surface area contributed by atoms with Gasteiger partial charge in [0.1, 0.15) is 5.33 Å². The SMILES string of the molecule is CC(C)C(=O)OC(=O)CBr. The van der Waals surface area contributed by atoms with E-state index in [9.17, 15) is 9.59 Å². The van der Waals surface area contributed by atoms with Gasteiger partial charge in [-0.1, -0.05) is 29.8 Å². The fourth-order valence-electron chi connectivity index (χ4n) is 0.257. The number of rotatable bonds is 2. The summed E-state index contributed by atoms with van der Waals surface area (Å²) < 4.78 is 4.34. The van der Waals surface area contributed by atoms with Crippen LogP contribution in [0.5, 0.6) is 0 Å². The molecule has 0 radical (unpaired) electrons. The van der Waals surface area contributed by atoms with Gasteiger partial charge in [0.2, 0.25) is 0 Å². The molecule has 0 aliphatic heterocycles. The largest absolute Gasteiger partial charge is 0.392 e. The first-order chi connectivity index (χ1) is 4.57. The van der Waals surface area contributed by atoms with Crippen molar-refractivity contribution >= 4 is 27.9 Å². The Morgan fingerprint density at radius 1 is 1.50 bits per heavy atom. The van der Waals surface area contributed by atoms with Gasteiger partial charge in [0.15, 0.2) is 0 Å². The second-order valence-electron chi connectivity index (χ2n) is 2.08. The molecule has 0 aromatic carbocycles. The van der Waals surface area contributed by atoms with Crippen LogP contribution in [0.2, 0.25) is 0 Å². The first-order valence-corrected chi connectivity index (χ1v) is 4.00. The summed E-state index contributed by atoms with van der Waals surface area (Å²) in [5.74, 6) is -1.27. The minimum absolute atomic E-state index is 0.0610. The lowest BCUT2D eigenvalue weighted by atomic mass is 10.2. The number of alkyl halides is 1. The van der Waals surface area contributed by atoms with Crippen LogP contribution < -0.4 is 0 Å². The molecule has 0 aliphatic rings. The average molecular weight is 209 g/mol. The highest BCUT2D eigenvalue weighted by Gasteiger charge is 2.12. The highest BCUT2D eigenvalue weighted by Crippen LogP contribution is 1.96. The van der Waals surface area contributed by atoms with Gasteiger partial charge in [-0.3, -0.25) is 9.59 Å². The smallest absolute Gasteiger partial charge is 0.324 e. The third-order valence-corrected chi connectivity index (χ3v) is 1.25. The Morgan fingerprint density at radius 3 is 2.30 bits per heavy atom. The predicted octanol–water partition coefficient (Wildman–Crippen LogP) is 1.11. The number of carbonyl (C=O) groups excluding carboxylic acids is 2. The van der Waals surface area contributed by atoms with E-state index < -0.39 is 11.9 Å². The molecule has 0 fully saturated rings. The predicted molar refractivity (Wildman–Crippen MR) is 39.7 cm³/mol. The second-order valence-corrected chi connectivity index (χ2v) is 2.64. The third-order valence-electron chi connectivity index (χ3n) is 0.795. The molecule has 0 bridgehead atoms. The maximum absolute atomic E-state index is 10.6. The minimum Gasteiger partial charge on any atom is -0.392 e. The highest BCUT2D eigenvalue weighted by molar-refractivity contribution is 9.09. The topological polar surface area (TPSA) is 43.4 Å². The van der Waals surface area contributed by atoms with E-state index in [-0.39, 0.29) is 11.2 Å². The van der Waals surface area contributed by atoms with E-state index >= 15 is 0 Å². The Morgan fingerprint density at radius 2 is 2.00 bits per heavy atom. The van der Waals surface area contributed by atoms with Crippen LogP contribution >= 0.6 is 15.9 Å². The number of hydrogen-bond donors (Lipinski definition) is 0. The number of hydrogen-bond acceptors (Lipinski definition) is 3. The summed E-state index contributed by atoms with van der Waals surface area (Å²) in [4.78, 5) is 21.1. The molecule has 0 N–H and O–H groups in total. The van der Waals surface area contributed by atoms with Gasteiger partial charge in [-0.25, -0.2) is 0 Å². The number of esters is 2. The van der Waals surface area contributed by atoms with Gasteiger partial charge in [0, 0.05) is 0 Å². The Labute approximate surface area is 67.9 Å². The molecular weight excluding hydrogens is 200 g/mol. The molecule has 0 aromatic rings. The molecule has 0 heterocycles. The summed E-state index contributed by atoms with van der Waals surface area (Å²) in [5, 5.41) is 0.0610. The van der Waals surface area contributed by atoms with E-state index in [4.69, 9.17) is 0 Å². The molecule has 0 atom stereocenters. The van der Waals surface area contributed by atoms with Crippen LogP contribution in [0, 0.1) is 5.92 Å². The van der Waals surface area contributed by atoms with Crippen LogP contribution in [-0.4, -0.2) is 17.3 Å². The minimum atomic E-state index is -0.543. The molecule has 58 valence electrons. The summed E-state index contributed by atoms with van der Waals surface area (Å²) in [6, 6.07) is 0. The maximum atomic E-state index is 10.6. The van der Waals surface area contributed by atoms with Crippen LogP contribution in [0.25, 0.3) is 0 Å².